The van der Waals surface area contributed by atoms with Crippen molar-refractivity contribution in [3.63, 3.8) is 0 Å². The zero-order chi connectivity index (χ0) is 22.6. The molecule has 0 aliphatic carbocycles. The number of pyridine rings is 1. The highest BCUT2D eigenvalue weighted by molar-refractivity contribution is 5.87. The Morgan fingerprint density at radius 3 is 2.47 bits per heavy atom. The van der Waals surface area contributed by atoms with Crippen LogP contribution in [0.4, 0.5) is 24.7 Å². The lowest BCUT2D eigenvalue weighted by molar-refractivity contribution is -0.754. The summed E-state index contributed by atoms with van der Waals surface area (Å²) in [6, 6.07) is 15.0. The van der Waals surface area contributed by atoms with Crippen LogP contribution in [-0.4, -0.2) is 16.3 Å². The summed E-state index contributed by atoms with van der Waals surface area (Å²) in [5.41, 5.74) is 2.14. The fraction of sp³-hybridized carbons (Fsp3) is 0.0909. The highest BCUT2D eigenvalue weighted by Crippen LogP contribution is 2.30. The number of hydrogen-bond acceptors (Lipinski definition) is 5. The van der Waals surface area contributed by atoms with Crippen LogP contribution in [0.25, 0.3) is 11.1 Å². The summed E-state index contributed by atoms with van der Waals surface area (Å²) >= 11 is 0. The largest absolute Gasteiger partial charge is 0.846 e. The normalized spacial score (nSPS) is 12.0. The Morgan fingerprint density at radius 2 is 1.75 bits per heavy atom. The van der Waals surface area contributed by atoms with E-state index in [4.69, 9.17) is 4.52 Å². The van der Waals surface area contributed by atoms with Gasteiger partial charge in [0.25, 0.3) is 6.20 Å². The highest BCUT2D eigenvalue weighted by Gasteiger charge is 2.30. The van der Waals surface area contributed by atoms with Crippen LogP contribution in [0.3, 0.4) is 0 Å². The van der Waals surface area contributed by atoms with Gasteiger partial charge in [0.05, 0.1) is 11.6 Å². The Morgan fingerprint density at radius 1 is 1.03 bits per heavy atom. The summed E-state index contributed by atoms with van der Waals surface area (Å²) in [7, 11) is 0. The molecule has 0 saturated carbocycles. The van der Waals surface area contributed by atoms with Gasteiger partial charge in [-0.3, -0.25) is 9.51 Å². The van der Waals surface area contributed by atoms with Crippen LogP contribution >= 0.6 is 0 Å². The van der Waals surface area contributed by atoms with Gasteiger partial charge < -0.3 is 10.4 Å². The number of nitrogens with zero attached hydrogens (tertiary/aromatic N) is 4. The Balaban J connectivity index is 1.41. The average molecular weight is 439 g/mol. The maximum absolute atomic E-state index is 12.8. The minimum Gasteiger partial charge on any atom is -0.846 e. The number of nitrogens with one attached hydrogen (secondary N) is 1. The molecule has 4 rings (SSSR count). The second-order valence-electron chi connectivity index (χ2n) is 6.79. The molecule has 0 spiro atoms. The Kier molecular flexibility index (Phi) is 5.84. The van der Waals surface area contributed by atoms with Gasteiger partial charge >= 0.3 is 12.1 Å². The molecule has 1 N–H and O–H groups in total. The molecule has 0 amide bonds. The van der Waals surface area contributed by atoms with Gasteiger partial charge in [-0.1, -0.05) is 30.3 Å². The maximum Gasteiger partial charge on any atom is 0.416 e. The van der Waals surface area contributed by atoms with Crippen molar-refractivity contribution < 1.29 is 27.5 Å². The van der Waals surface area contributed by atoms with Crippen LogP contribution in [0.1, 0.15) is 11.1 Å². The summed E-state index contributed by atoms with van der Waals surface area (Å²) < 4.78 is 44.8. The van der Waals surface area contributed by atoms with Crippen LogP contribution in [0, 0.1) is 0 Å². The Hall–Kier alpha value is -4.21. The number of benzene rings is 2. The lowest BCUT2D eigenvalue weighted by atomic mass is 10.1. The van der Waals surface area contributed by atoms with E-state index in [1.807, 2.05) is 36.4 Å². The first kappa shape index (κ1) is 21.0. The number of aromatic nitrogens is 3. The minimum absolute atomic E-state index is 0.0322. The van der Waals surface area contributed by atoms with Gasteiger partial charge in [0, 0.05) is 23.6 Å². The quantitative estimate of drug-likeness (QED) is 0.292. The molecule has 4 aromatic rings. The van der Waals surface area contributed by atoms with Crippen molar-refractivity contribution in [3.8, 4) is 11.1 Å². The van der Waals surface area contributed by atoms with E-state index in [0.717, 1.165) is 28.8 Å². The van der Waals surface area contributed by atoms with E-state index in [9.17, 15) is 18.3 Å². The molecule has 162 valence electrons. The second kappa shape index (κ2) is 8.88. The smallest absolute Gasteiger partial charge is 0.416 e. The van der Waals surface area contributed by atoms with Crippen molar-refractivity contribution >= 4 is 17.6 Å². The fourth-order valence-electron chi connectivity index (χ4n) is 2.95. The lowest BCUT2D eigenvalue weighted by Gasteiger charge is -2.14. The first-order valence-electron chi connectivity index (χ1n) is 9.42. The number of hydrogen-bond donors (Lipinski definition) is 1. The molecule has 0 aliphatic heterocycles. The first-order chi connectivity index (χ1) is 15.4. The van der Waals surface area contributed by atoms with Crippen LogP contribution < -0.4 is 15.1 Å². The molecule has 0 radical (unpaired) electrons. The van der Waals surface area contributed by atoms with E-state index in [-0.39, 0.29) is 11.6 Å². The van der Waals surface area contributed by atoms with Gasteiger partial charge in [-0.15, -0.1) is 0 Å². The molecule has 2 aromatic carbocycles. The van der Waals surface area contributed by atoms with Crippen molar-refractivity contribution in [2.45, 2.75) is 12.7 Å². The molecule has 0 saturated heterocycles. The van der Waals surface area contributed by atoms with Gasteiger partial charge in [-0.25, -0.2) is 4.99 Å². The lowest BCUT2D eigenvalue weighted by Crippen LogP contribution is -2.35. The monoisotopic (exact) mass is 439 g/mol. The van der Waals surface area contributed by atoms with E-state index >= 15 is 0 Å². The summed E-state index contributed by atoms with van der Waals surface area (Å²) in [5, 5.41) is 18.1. The minimum atomic E-state index is -4.51. The average Bonchev–Trinajstić information content (AvgIpc) is 3.21. The van der Waals surface area contributed by atoms with Crippen LogP contribution in [0.2, 0.25) is 0 Å². The van der Waals surface area contributed by atoms with Gasteiger partial charge in [-0.05, 0) is 46.1 Å². The number of alkyl halides is 3. The molecule has 0 atom stereocenters. The number of halogens is 3. The number of aliphatic imine (C=N–C) groups is 1. The number of rotatable bonds is 5. The van der Waals surface area contributed by atoms with Gasteiger partial charge in [0.1, 0.15) is 0 Å². The van der Waals surface area contributed by atoms with Crippen molar-refractivity contribution in [1.82, 2.24) is 10.3 Å². The summed E-state index contributed by atoms with van der Waals surface area (Å²) in [4.78, 5) is 7.67. The van der Waals surface area contributed by atoms with E-state index in [0.29, 0.717) is 6.54 Å². The Bertz CT molecular complexity index is 1220. The molecule has 0 bridgehead atoms. The SMILES string of the molecule is [O-]C(=Nc1c[n+](Cc2ccc(-c3ccncc3)cc2)no1)Nc1cccc(C(F)(F)F)c1. The molecule has 0 aliphatic rings. The van der Waals surface area contributed by atoms with Crippen molar-refractivity contribution in [2.75, 3.05) is 5.32 Å². The summed E-state index contributed by atoms with van der Waals surface area (Å²) in [5.74, 6) is -0.0807. The second-order valence-corrected chi connectivity index (χ2v) is 6.79. The zero-order valence-corrected chi connectivity index (χ0v) is 16.5. The Labute approximate surface area is 180 Å². The molecule has 32 heavy (non-hydrogen) atoms. The van der Waals surface area contributed by atoms with E-state index < -0.39 is 17.8 Å². The van der Waals surface area contributed by atoms with Crippen LogP contribution in [0.5, 0.6) is 0 Å². The highest BCUT2D eigenvalue weighted by atomic mass is 19.4. The molecule has 0 unspecified atom stereocenters. The van der Waals surface area contributed by atoms with Crippen LogP contribution in [-0.2, 0) is 12.7 Å². The van der Waals surface area contributed by atoms with E-state index in [2.05, 4.69) is 20.6 Å². The van der Waals surface area contributed by atoms with Crippen molar-refractivity contribution in [1.29, 1.82) is 0 Å². The summed E-state index contributed by atoms with van der Waals surface area (Å²) in [6.07, 6.45) is 0.360. The molecular weight excluding hydrogens is 423 g/mol. The molecular formula is C22H16F3N5O2. The molecule has 0 fully saturated rings. The predicted octanol–water partition coefficient (Wildman–Crippen LogP) is 3.55. The summed E-state index contributed by atoms with van der Waals surface area (Å²) in [6.45, 7) is 0.380. The van der Waals surface area contributed by atoms with E-state index in [1.54, 1.807) is 12.4 Å². The fourth-order valence-corrected chi connectivity index (χ4v) is 2.95. The predicted molar refractivity (Wildman–Crippen MR) is 108 cm³/mol. The van der Waals surface area contributed by atoms with Crippen molar-refractivity contribution in [2.24, 2.45) is 4.99 Å². The number of amidine groups is 1. The van der Waals surface area contributed by atoms with Gasteiger partial charge in [0.2, 0.25) is 11.8 Å². The molecule has 7 nitrogen and oxygen atoms in total. The first-order valence-corrected chi connectivity index (χ1v) is 9.42. The van der Waals surface area contributed by atoms with Gasteiger partial charge in [0.15, 0.2) is 0 Å². The van der Waals surface area contributed by atoms with E-state index in [1.165, 1.54) is 23.0 Å². The van der Waals surface area contributed by atoms with Crippen LogP contribution in [0.15, 0.2) is 88.8 Å². The third kappa shape index (κ3) is 5.28. The molecule has 2 heterocycles. The number of anilines is 1. The van der Waals surface area contributed by atoms with Crippen molar-refractivity contribution in [3.05, 3.63) is 90.4 Å². The maximum atomic E-state index is 12.8. The molecule has 10 heteroatoms. The third-order valence-electron chi connectivity index (χ3n) is 4.46. The zero-order valence-electron chi connectivity index (χ0n) is 16.5. The third-order valence-corrected chi connectivity index (χ3v) is 4.46. The topological polar surface area (TPSA) is 90.3 Å². The van der Waals surface area contributed by atoms with Gasteiger partial charge in [-0.2, -0.15) is 13.2 Å². The standard InChI is InChI=1S/C22H16F3N5O2/c23-22(24,25)18-2-1-3-19(12-18)27-21(31)28-20-14-30(29-32-20)13-15-4-6-16(7-5-15)17-8-10-26-11-9-17/h1-12,14H,13H2,(H-,27,28,29,31). The molecule has 2 aromatic heterocycles.